The third kappa shape index (κ3) is 5.34. The van der Waals surface area contributed by atoms with E-state index in [4.69, 9.17) is 20.3 Å². The number of aliphatic imine (C=N–C) groups is 1. The molecular weight excluding hydrogens is 316 g/mol. The van der Waals surface area contributed by atoms with Gasteiger partial charge in [0.1, 0.15) is 23.6 Å². The lowest BCUT2D eigenvalue weighted by Gasteiger charge is -2.28. The van der Waals surface area contributed by atoms with Crippen molar-refractivity contribution in [3.8, 4) is 0 Å². The average Bonchev–Trinajstić information content (AvgIpc) is 2.70. The first-order valence-corrected chi connectivity index (χ1v) is 8.10. The number of hydrogen-bond donors (Lipinski definition) is 3. The molecule has 10 heteroatoms. The molecule has 124 valence electrons. The Bertz CT molecular complexity index is 559. The highest BCUT2D eigenvalue weighted by Crippen LogP contribution is 2.42. The maximum atomic E-state index is 14.0. The van der Waals surface area contributed by atoms with Gasteiger partial charge in [0, 0.05) is 19.7 Å². The molecule has 0 saturated heterocycles. The van der Waals surface area contributed by atoms with E-state index in [0.717, 1.165) is 0 Å². The molecule has 0 aromatic rings. The fourth-order valence-electron chi connectivity index (χ4n) is 1.93. The molecular formula is C12H19FN3O5P. The molecule has 0 radical (unpaired) electrons. The number of ether oxygens (including phenoxy) is 1. The number of nitrogens with two attached hydrogens (primary N) is 1. The molecule has 0 heterocycles. The van der Waals surface area contributed by atoms with Gasteiger partial charge in [-0.1, -0.05) is 0 Å². The molecule has 1 aliphatic rings. The molecule has 0 fully saturated rings. The molecule has 0 aromatic heterocycles. The topological polar surface area (TPSA) is 125 Å². The molecule has 0 bridgehead atoms. The SMILES string of the molecule is CN(/C=C\C(N)=NC=O)C1C=C(F)[C@@](C)(OCP(=O)(O)O)C1. The molecule has 1 unspecified atom stereocenters. The fraction of sp³-hybridized carbons (Fsp3) is 0.500. The van der Waals surface area contributed by atoms with Crippen LogP contribution in [-0.4, -0.2) is 52.0 Å². The van der Waals surface area contributed by atoms with Crippen molar-refractivity contribution in [1.29, 1.82) is 0 Å². The zero-order valence-corrected chi connectivity index (χ0v) is 13.1. The van der Waals surface area contributed by atoms with Gasteiger partial charge >= 0.3 is 7.60 Å². The molecule has 0 saturated carbocycles. The maximum absolute atomic E-state index is 14.0. The van der Waals surface area contributed by atoms with Crippen molar-refractivity contribution in [3.05, 3.63) is 24.2 Å². The van der Waals surface area contributed by atoms with Gasteiger partial charge in [-0.15, -0.1) is 0 Å². The zero-order chi connectivity index (χ0) is 17.0. The first-order chi connectivity index (χ1) is 10.1. The van der Waals surface area contributed by atoms with Crippen LogP contribution in [0.15, 0.2) is 29.2 Å². The van der Waals surface area contributed by atoms with E-state index in [-0.39, 0.29) is 18.3 Å². The molecule has 1 rings (SSSR count). The van der Waals surface area contributed by atoms with Crippen molar-refractivity contribution in [1.82, 2.24) is 4.90 Å². The Morgan fingerprint density at radius 3 is 2.91 bits per heavy atom. The highest BCUT2D eigenvalue weighted by molar-refractivity contribution is 7.51. The van der Waals surface area contributed by atoms with Gasteiger partial charge in [-0.2, -0.15) is 4.99 Å². The van der Waals surface area contributed by atoms with E-state index < -0.39 is 25.4 Å². The van der Waals surface area contributed by atoms with Gasteiger partial charge in [-0.3, -0.25) is 9.36 Å². The lowest BCUT2D eigenvalue weighted by Crippen LogP contribution is -2.33. The maximum Gasteiger partial charge on any atom is 0.351 e. The Morgan fingerprint density at radius 1 is 1.73 bits per heavy atom. The quantitative estimate of drug-likeness (QED) is 0.267. The summed E-state index contributed by atoms with van der Waals surface area (Å²) in [5, 5.41) is 0. The molecule has 1 aliphatic carbocycles. The van der Waals surface area contributed by atoms with Gasteiger partial charge in [0.15, 0.2) is 0 Å². The summed E-state index contributed by atoms with van der Waals surface area (Å²) in [6.07, 6.45) is 3.83. The summed E-state index contributed by atoms with van der Waals surface area (Å²) >= 11 is 0. The Kier molecular flexibility index (Phi) is 6.01. The fourth-order valence-corrected chi connectivity index (χ4v) is 2.38. The number of halogens is 1. The van der Waals surface area contributed by atoms with Crippen LogP contribution < -0.4 is 5.73 Å². The highest BCUT2D eigenvalue weighted by atomic mass is 31.2. The van der Waals surface area contributed by atoms with E-state index in [9.17, 15) is 13.8 Å². The van der Waals surface area contributed by atoms with Gasteiger partial charge in [0.2, 0.25) is 6.41 Å². The van der Waals surface area contributed by atoms with Gasteiger partial charge < -0.3 is 25.2 Å². The molecule has 8 nitrogen and oxygen atoms in total. The summed E-state index contributed by atoms with van der Waals surface area (Å²) in [6, 6.07) is -0.387. The van der Waals surface area contributed by atoms with E-state index in [1.54, 1.807) is 11.9 Å². The lowest BCUT2D eigenvalue weighted by atomic mass is 10.0. The van der Waals surface area contributed by atoms with Gasteiger partial charge in [0.25, 0.3) is 0 Å². The summed E-state index contributed by atoms with van der Waals surface area (Å²) in [5.41, 5.74) is 4.02. The minimum Gasteiger partial charge on any atom is -0.384 e. The van der Waals surface area contributed by atoms with Crippen molar-refractivity contribution in [3.63, 3.8) is 0 Å². The number of carbonyl (C=O) groups excluding carboxylic acids is 1. The van der Waals surface area contributed by atoms with Crippen LogP contribution in [0.1, 0.15) is 13.3 Å². The summed E-state index contributed by atoms with van der Waals surface area (Å²) in [4.78, 5) is 32.7. The number of amides is 1. The molecule has 22 heavy (non-hydrogen) atoms. The number of amidine groups is 1. The smallest absolute Gasteiger partial charge is 0.351 e. The van der Waals surface area contributed by atoms with E-state index >= 15 is 0 Å². The summed E-state index contributed by atoms with van der Waals surface area (Å²) in [7, 11) is -2.71. The highest BCUT2D eigenvalue weighted by Gasteiger charge is 2.41. The van der Waals surface area contributed by atoms with E-state index in [0.29, 0.717) is 6.41 Å². The molecule has 0 spiro atoms. The lowest BCUT2D eigenvalue weighted by molar-refractivity contribution is -0.106. The first kappa shape index (κ1) is 18.5. The Morgan fingerprint density at radius 2 is 2.36 bits per heavy atom. The normalized spacial score (nSPS) is 26.3. The second-order valence-electron chi connectivity index (χ2n) is 5.10. The summed E-state index contributed by atoms with van der Waals surface area (Å²) < 4.78 is 29.9. The number of carbonyl (C=O) groups is 1. The van der Waals surface area contributed by atoms with E-state index in [1.165, 1.54) is 25.3 Å². The van der Waals surface area contributed by atoms with Crippen LogP contribution in [0.4, 0.5) is 4.39 Å². The second-order valence-corrected chi connectivity index (χ2v) is 6.68. The van der Waals surface area contributed by atoms with E-state index in [2.05, 4.69) is 4.99 Å². The minimum atomic E-state index is -4.37. The standard InChI is InChI=1S/C12H19FN3O5P/c1-12(21-8-22(18,19)20)6-9(5-10(12)13)16(2)4-3-11(14)15-7-17/h3-5,7,9H,6,8H2,1-2H3,(H2,14,15,17)(H2,18,19,20)/b4-3-/t9?,12-/m0/s1. The van der Waals surface area contributed by atoms with Crippen molar-refractivity contribution in [2.75, 3.05) is 13.4 Å². The minimum absolute atomic E-state index is 0.00445. The molecule has 2 atom stereocenters. The number of hydrogen-bond acceptors (Lipinski definition) is 4. The number of rotatable bonds is 7. The van der Waals surface area contributed by atoms with Crippen LogP contribution in [0.5, 0.6) is 0 Å². The third-order valence-electron chi connectivity index (χ3n) is 3.20. The van der Waals surface area contributed by atoms with Crippen LogP contribution in [0.25, 0.3) is 0 Å². The van der Waals surface area contributed by atoms with Crippen LogP contribution in [0.2, 0.25) is 0 Å². The van der Waals surface area contributed by atoms with Gasteiger partial charge in [-0.05, 0) is 19.1 Å². The van der Waals surface area contributed by atoms with Gasteiger partial charge in [-0.25, -0.2) is 4.39 Å². The predicted octanol–water partition coefficient (Wildman–Crippen LogP) is 0.482. The Labute approximate surface area is 127 Å². The molecule has 4 N–H and O–H groups in total. The van der Waals surface area contributed by atoms with Crippen molar-refractivity contribution >= 4 is 19.8 Å². The third-order valence-corrected chi connectivity index (χ3v) is 3.66. The van der Waals surface area contributed by atoms with Crippen LogP contribution >= 0.6 is 7.60 Å². The van der Waals surface area contributed by atoms with Crippen LogP contribution in [-0.2, 0) is 14.1 Å². The second kappa shape index (κ2) is 7.15. The van der Waals surface area contributed by atoms with Crippen molar-refractivity contribution in [2.24, 2.45) is 10.7 Å². The van der Waals surface area contributed by atoms with E-state index in [1.807, 2.05) is 0 Å². The van der Waals surface area contributed by atoms with Crippen molar-refractivity contribution < 1.29 is 28.3 Å². The summed E-state index contributed by atoms with van der Waals surface area (Å²) in [5.74, 6) is -0.592. The van der Waals surface area contributed by atoms with Crippen molar-refractivity contribution in [2.45, 2.75) is 25.0 Å². The number of nitrogens with zero attached hydrogens (tertiary/aromatic N) is 2. The monoisotopic (exact) mass is 335 g/mol. The summed E-state index contributed by atoms with van der Waals surface area (Å²) in [6.45, 7) is 1.42. The van der Waals surface area contributed by atoms with Crippen LogP contribution in [0.3, 0.4) is 0 Å². The van der Waals surface area contributed by atoms with Crippen LogP contribution in [0, 0.1) is 0 Å². The zero-order valence-electron chi connectivity index (χ0n) is 12.2. The first-order valence-electron chi connectivity index (χ1n) is 6.31. The Hall–Kier alpha value is -1.54. The van der Waals surface area contributed by atoms with Gasteiger partial charge in [0.05, 0.1) is 6.04 Å². The predicted molar refractivity (Wildman–Crippen MR) is 78.6 cm³/mol. The average molecular weight is 335 g/mol. The molecule has 0 aliphatic heterocycles. The Balaban J connectivity index is 2.72. The molecule has 0 aromatic carbocycles. The largest absolute Gasteiger partial charge is 0.384 e. The molecule has 1 amide bonds. The number of likely N-dealkylation sites (N-methyl/N-ethyl adjacent to an activating group) is 1.